The van der Waals surface area contributed by atoms with Crippen molar-refractivity contribution in [3.63, 3.8) is 0 Å². The molecular formula is C26H32F2O2. The number of Topliss-reactive ketones (excluding diaryl/α,β-unsaturated/α-hetero) is 1. The first kappa shape index (κ1) is 22.5. The summed E-state index contributed by atoms with van der Waals surface area (Å²) in [6, 6.07) is 12.6. The zero-order valence-corrected chi connectivity index (χ0v) is 18.2. The highest BCUT2D eigenvalue weighted by Gasteiger charge is 2.27. The summed E-state index contributed by atoms with van der Waals surface area (Å²) in [5.41, 5.74) is 2.92. The molecule has 2 aromatic rings. The number of ketones is 1. The van der Waals surface area contributed by atoms with E-state index >= 15 is 0 Å². The Kier molecular flexibility index (Phi) is 7.27. The van der Waals surface area contributed by atoms with Gasteiger partial charge in [-0.25, -0.2) is 8.78 Å². The van der Waals surface area contributed by atoms with Gasteiger partial charge in [-0.3, -0.25) is 4.79 Å². The number of carbonyl (C=O) groups excluding carboxylic acids is 1. The van der Waals surface area contributed by atoms with Crippen LogP contribution >= 0.6 is 0 Å². The Morgan fingerprint density at radius 3 is 2.53 bits per heavy atom. The minimum absolute atomic E-state index is 0.0396. The molecule has 162 valence electrons. The van der Waals surface area contributed by atoms with E-state index in [0.29, 0.717) is 31.0 Å². The molecule has 1 aliphatic rings. The third-order valence-corrected chi connectivity index (χ3v) is 6.37. The molecule has 4 heteroatoms. The van der Waals surface area contributed by atoms with Gasteiger partial charge in [0.15, 0.2) is 0 Å². The van der Waals surface area contributed by atoms with Crippen LogP contribution in [-0.4, -0.2) is 12.9 Å². The summed E-state index contributed by atoms with van der Waals surface area (Å²) in [6.45, 7) is 3.11. The van der Waals surface area contributed by atoms with Crippen molar-refractivity contribution in [1.29, 1.82) is 0 Å². The molecule has 0 aromatic heterocycles. The van der Waals surface area contributed by atoms with Crippen molar-refractivity contribution < 1.29 is 18.3 Å². The van der Waals surface area contributed by atoms with E-state index in [4.69, 9.17) is 4.74 Å². The van der Waals surface area contributed by atoms with E-state index in [1.807, 2.05) is 24.3 Å². The normalized spacial score (nSPS) is 19.5. The van der Waals surface area contributed by atoms with Crippen LogP contribution in [0.3, 0.4) is 0 Å². The second-order valence-corrected chi connectivity index (χ2v) is 8.75. The molecule has 2 aromatic carbocycles. The molecule has 2 unspecified atom stereocenters. The lowest BCUT2D eigenvalue weighted by molar-refractivity contribution is -0.124. The zero-order chi connectivity index (χ0) is 21.7. The molecular weight excluding hydrogens is 382 g/mol. The van der Waals surface area contributed by atoms with Crippen LogP contribution in [0.1, 0.15) is 61.8 Å². The lowest BCUT2D eigenvalue weighted by Crippen LogP contribution is -2.26. The molecule has 2 atom stereocenters. The van der Waals surface area contributed by atoms with Gasteiger partial charge in [-0.2, -0.15) is 0 Å². The molecule has 0 radical (unpaired) electrons. The molecule has 1 aliphatic carbocycles. The molecule has 0 N–H and O–H groups in total. The molecule has 1 fully saturated rings. The maximum absolute atomic E-state index is 13.6. The Bertz CT molecular complexity index is 870. The first-order valence-corrected chi connectivity index (χ1v) is 10.9. The highest BCUT2D eigenvalue weighted by molar-refractivity contribution is 5.83. The van der Waals surface area contributed by atoms with Gasteiger partial charge in [-0.15, -0.1) is 0 Å². The van der Waals surface area contributed by atoms with Gasteiger partial charge in [0.25, 0.3) is 5.92 Å². The quantitative estimate of drug-likeness (QED) is 0.491. The lowest BCUT2D eigenvalue weighted by Gasteiger charge is -2.27. The van der Waals surface area contributed by atoms with Crippen molar-refractivity contribution in [3.8, 4) is 5.75 Å². The third-order valence-electron chi connectivity index (χ3n) is 6.37. The SMILES string of the molecule is COc1cc(CC(=O)C2CCCCC2C)ccc1CCc1cccc(C(C)(F)F)c1. The predicted molar refractivity (Wildman–Crippen MR) is 116 cm³/mol. The number of aryl methyl sites for hydroxylation is 2. The zero-order valence-electron chi connectivity index (χ0n) is 18.2. The summed E-state index contributed by atoms with van der Waals surface area (Å²) in [6.07, 6.45) is 6.31. The van der Waals surface area contributed by atoms with Gasteiger partial charge in [0.1, 0.15) is 11.5 Å². The molecule has 2 nitrogen and oxygen atoms in total. The van der Waals surface area contributed by atoms with E-state index in [1.54, 1.807) is 19.2 Å². The van der Waals surface area contributed by atoms with Gasteiger partial charge in [-0.1, -0.05) is 56.5 Å². The van der Waals surface area contributed by atoms with Crippen LogP contribution in [-0.2, 0) is 30.0 Å². The van der Waals surface area contributed by atoms with Crippen LogP contribution in [0, 0.1) is 11.8 Å². The molecule has 0 saturated heterocycles. The fourth-order valence-electron chi connectivity index (χ4n) is 4.51. The average Bonchev–Trinajstić information content (AvgIpc) is 2.72. The lowest BCUT2D eigenvalue weighted by atomic mass is 9.77. The van der Waals surface area contributed by atoms with Crippen molar-refractivity contribution in [2.45, 2.75) is 64.7 Å². The average molecular weight is 415 g/mol. The van der Waals surface area contributed by atoms with E-state index in [9.17, 15) is 13.6 Å². The monoisotopic (exact) mass is 414 g/mol. The first-order chi connectivity index (χ1) is 14.3. The summed E-state index contributed by atoms with van der Waals surface area (Å²) in [5, 5.41) is 0. The Morgan fingerprint density at radius 2 is 1.83 bits per heavy atom. The Morgan fingerprint density at radius 1 is 1.07 bits per heavy atom. The first-order valence-electron chi connectivity index (χ1n) is 10.9. The summed E-state index contributed by atoms with van der Waals surface area (Å²) in [7, 11) is 1.63. The summed E-state index contributed by atoms with van der Waals surface area (Å²) in [4.78, 5) is 12.8. The van der Waals surface area contributed by atoms with Gasteiger partial charge in [0, 0.05) is 24.8 Å². The summed E-state index contributed by atoms with van der Waals surface area (Å²) < 4.78 is 32.7. The number of hydrogen-bond donors (Lipinski definition) is 0. The second kappa shape index (κ2) is 9.72. The third kappa shape index (κ3) is 5.68. The number of hydrogen-bond acceptors (Lipinski definition) is 2. The topological polar surface area (TPSA) is 26.3 Å². The molecule has 3 rings (SSSR count). The largest absolute Gasteiger partial charge is 0.496 e. The fourth-order valence-corrected chi connectivity index (χ4v) is 4.51. The van der Waals surface area contributed by atoms with Crippen molar-refractivity contribution in [3.05, 3.63) is 64.7 Å². The van der Waals surface area contributed by atoms with Crippen molar-refractivity contribution in [2.24, 2.45) is 11.8 Å². The van der Waals surface area contributed by atoms with Crippen LogP contribution in [0.5, 0.6) is 5.75 Å². The van der Waals surface area contributed by atoms with Crippen molar-refractivity contribution in [1.82, 2.24) is 0 Å². The van der Waals surface area contributed by atoms with Crippen molar-refractivity contribution >= 4 is 5.78 Å². The van der Waals surface area contributed by atoms with Crippen LogP contribution in [0.15, 0.2) is 42.5 Å². The van der Waals surface area contributed by atoms with Gasteiger partial charge >= 0.3 is 0 Å². The molecule has 0 spiro atoms. The molecule has 0 amide bonds. The number of carbonyl (C=O) groups is 1. The standard InChI is InChI=1S/C26H32F2O2/c1-18-7-4-5-10-23(18)24(29)16-20-12-14-21(25(17-20)30-3)13-11-19-8-6-9-22(15-19)26(2,27)28/h6,8-9,12,14-15,17-18,23H,4-5,7,10-11,13,16H2,1-3H3. The number of ether oxygens (including phenoxy) is 1. The Labute approximate surface area is 178 Å². The van der Waals surface area contributed by atoms with E-state index < -0.39 is 5.92 Å². The number of benzene rings is 2. The maximum Gasteiger partial charge on any atom is 0.270 e. The van der Waals surface area contributed by atoms with Crippen LogP contribution in [0.25, 0.3) is 0 Å². The minimum atomic E-state index is -2.84. The maximum atomic E-state index is 13.6. The van der Waals surface area contributed by atoms with E-state index in [-0.39, 0.29) is 11.5 Å². The number of halogens is 2. The number of alkyl halides is 2. The summed E-state index contributed by atoms with van der Waals surface area (Å²) >= 11 is 0. The Balaban J connectivity index is 1.66. The molecule has 0 bridgehead atoms. The highest BCUT2D eigenvalue weighted by atomic mass is 19.3. The summed E-state index contributed by atoms with van der Waals surface area (Å²) in [5.74, 6) is -1.10. The second-order valence-electron chi connectivity index (χ2n) is 8.75. The fraction of sp³-hybridized carbons (Fsp3) is 0.500. The molecule has 30 heavy (non-hydrogen) atoms. The van der Waals surface area contributed by atoms with E-state index in [0.717, 1.165) is 48.6 Å². The van der Waals surface area contributed by atoms with E-state index in [2.05, 4.69) is 6.92 Å². The van der Waals surface area contributed by atoms with Gasteiger partial charge < -0.3 is 4.74 Å². The number of methoxy groups -OCH3 is 1. The van der Waals surface area contributed by atoms with Crippen LogP contribution in [0.2, 0.25) is 0 Å². The highest BCUT2D eigenvalue weighted by Crippen LogP contribution is 2.32. The number of rotatable bonds is 8. The van der Waals surface area contributed by atoms with Gasteiger partial charge in [0.2, 0.25) is 0 Å². The van der Waals surface area contributed by atoms with Crippen molar-refractivity contribution in [2.75, 3.05) is 7.11 Å². The predicted octanol–water partition coefficient (Wildman–Crippen LogP) is 6.53. The minimum Gasteiger partial charge on any atom is -0.496 e. The van der Waals surface area contributed by atoms with E-state index in [1.165, 1.54) is 12.5 Å². The van der Waals surface area contributed by atoms with Gasteiger partial charge in [0.05, 0.1) is 7.11 Å². The molecule has 0 aliphatic heterocycles. The molecule has 1 saturated carbocycles. The molecule has 0 heterocycles. The van der Waals surface area contributed by atoms with Gasteiger partial charge in [-0.05, 0) is 54.0 Å². The van der Waals surface area contributed by atoms with Crippen LogP contribution < -0.4 is 4.74 Å². The Hall–Kier alpha value is -2.23. The smallest absolute Gasteiger partial charge is 0.270 e. The van der Waals surface area contributed by atoms with Crippen LogP contribution in [0.4, 0.5) is 8.78 Å².